The Bertz CT molecular complexity index is 415. The minimum Gasteiger partial charge on any atom is -0.504 e. The third-order valence-corrected chi connectivity index (χ3v) is 4.22. The smallest absolute Gasteiger partial charge is 0.160 e. The maximum atomic E-state index is 9.64. The fourth-order valence-corrected chi connectivity index (χ4v) is 2.80. The molecule has 0 aromatic heterocycles. The van der Waals surface area contributed by atoms with Crippen LogP contribution in [-0.2, 0) is 0 Å². The lowest BCUT2D eigenvalue weighted by Gasteiger charge is -2.32. The zero-order valence-corrected chi connectivity index (χ0v) is 13.3. The molecule has 0 bridgehead atoms. The highest BCUT2D eigenvalue weighted by atomic mass is 16.5. The molecule has 1 aromatic carbocycles. The molecule has 21 heavy (non-hydrogen) atoms. The summed E-state index contributed by atoms with van der Waals surface area (Å²) >= 11 is 0. The van der Waals surface area contributed by atoms with Crippen LogP contribution in [-0.4, -0.2) is 61.8 Å². The van der Waals surface area contributed by atoms with Crippen molar-refractivity contribution in [1.29, 1.82) is 0 Å². The van der Waals surface area contributed by atoms with Crippen LogP contribution in [0.2, 0.25) is 0 Å². The Morgan fingerprint density at radius 2 is 1.95 bits per heavy atom. The summed E-state index contributed by atoms with van der Waals surface area (Å²) in [6, 6.07) is 7.15. The van der Waals surface area contributed by atoms with E-state index < -0.39 is 0 Å². The van der Waals surface area contributed by atoms with Gasteiger partial charge in [-0.2, -0.15) is 0 Å². The molecule has 0 saturated carbocycles. The summed E-state index contributed by atoms with van der Waals surface area (Å²) in [5.74, 6) is 1.68. The Morgan fingerprint density at radius 3 is 2.62 bits per heavy atom. The monoisotopic (exact) mass is 292 g/mol. The zero-order valence-electron chi connectivity index (χ0n) is 13.3. The Morgan fingerprint density at radius 1 is 1.24 bits per heavy atom. The number of hydrogen-bond acceptors (Lipinski definition) is 4. The number of ether oxygens (including phenoxy) is 1. The molecule has 1 aromatic rings. The Hall–Kier alpha value is -1.26. The van der Waals surface area contributed by atoms with Crippen molar-refractivity contribution >= 4 is 0 Å². The summed E-state index contributed by atoms with van der Waals surface area (Å²) in [5, 5.41) is 9.64. The number of phenolic OH excluding ortho intramolecular Hbond substituents is 1. The molecule has 1 N–H and O–H groups in total. The largest absolute Gasteiger partial charge is 0.504 e. The first-order valence-corrected chi connectivity index (χ1v) is 7.93. The maximum absolute atomic E-state index is 9.64. The second-order valence-electron chi connectivity index (χ2n) is 6.19. The van der Waals surface area contributed by atoms with Crippen molar-refractivity contribution < 1.29 is 9.84 Å². The minimum atomic E-state index is 0.222. The van der Waals surface area contributed by atoms with E-state index in [1.807, 2.05) is 12.1 Å². The molecule has 0 aliphatic carbocycles. The summed E-state index contributed by atoms with van der Waals surface area (Å²) in [4.78, 5) is 4.73. The van der Waals surface area contributed by atoms with Gasteiger partial charge in [0.25, 0.3) is 0 Å². The molecule has 118 valence electrons. The van der Waals surface area contributed by atoms with E-state index in [9.17, 15) is 5.11 Å². The number of rotatable bonds is 7. The van der Waals surface area contributed by atoms with E-state index in [2.05, 4.69) is 23.9 Å². The number of piperidine rings is 1. The van der Waals surface area contributed by atoms with Crippen LogP contribution in [0.15, 0.2) is 24.3 Å². The molecule has 1 saturated heterocycles. The van der Waals surface area contributed by atoms with E-state index in [1.54, 1.807) is 12.1 Å². The van der Waals surface area contributed by atoms with Crippen LogP contribution in [0.25, 0.3) is 0 Å². The van der Waals surface area contributed by atoms with Gasteiger partial charge in [0.15, 0.2) is 11.5 Å². The molecule has 1 heterocycles. The Balaban J connectivity index is 1.62. The van der Waals surface area contributed by atoms with Crippen LogP contribution in [0.5, 0.6) is 11.5 Å². The molecular weight excluding hydrogens is 264 g/mol. The molecule has 0 radical (unpaired) electrons. The first-order chi connectivity index (χ1) is 10.1. The molecule has 0 atom stereocenters. The third kappa shape index (κ3) is 5.56. The average molecular weight is 292 g/mol. The van der Waals surface area contributed by atoms with Gasteiger partial charge in [0.1, 0.15) is 6.61 Å². The van der Waals surface area contributed by atoms with Crippen molar-refractivity contribution in [2.45, 2.75) is 19.3 Å². The standard InChI is InChI=1S/C17H28N2O2/c1-18(2)10-7-15-8-11-19(12-9-15)13-14-21-17-6-4-3-5-16(17)20/h3-6,15,20H,7-14H2,1-2H3. The predicted molar refractivity (Wildman–Crippen MR) is 85.9 cm³/mol. The average Bonchev–Trinajstić information content (AvgIpc) is 2.48. The van der Waals surface area contributed by atoms with Gasteiger partial charge in [-0.05, 0) is 71.0 Å². The Kier molecular flexibility index (Phi) is 6.33. The van der Waals surface area contributed by atoms with Gasteiger partial charge in [0, 0.05) is 6.54 Å². The number of hydrogen-bond donors (Lipinski definition) is 1. The first-order valence-electron chi connectivity index (χ1n) is 7.93. The van der Waals surface area contributed by atoms with Crippen LogP contribution in [0, 0.1) is 5.92 Å². The zero-order chi connectivity index (χ0) is 15.1. The summed E-state index contributed by atoms with van der Waals surface area (Å²) < 4.78 is 5.65. The van der Waals surface area contributed by atoms with Gasteiger partial charge in [-0.3, -0.25) is 4.90 Å². The number of benzene rings is 1. The summed E-state index contributed by atoms with van der Waals surface area (Å²) in [6.07, 6.45) is 3.91. The normalized spacial score (nSPS) is 17.3. The van der Waals surface area contributed by atoms with Crippen LogP contribution < -0.4 is 4.74 Å². The summed E-state index contributed by atoms with van der Waals surface area (Å²) in [5.41, 5.74) is 0. The molecule has 1 aliphatic rings. The second-order valence-corrected chi connectivity index (χ2v) is 6.19. The van der Waals surface area contributed by atoms with Crippen molar-refractivity contribution in [3.8, 4) is 11.5 Å². The van der Waals surface area contributed by atoms with Gasteiger partial charge in [-0.15, -0.1) is 0 Å². The van der Waals surface area contributed by atoms with Gasteiger partial charge < -0.3 is 14.7 Å². The van der Waals surface area contributed by atoms with E-state index in [1.165, 1.54) is 38.9 Å². The van der Waals surface area contributed by atoms with E-state index >= 15 is 0 Å². The molecule has 4 nitrogen and oxygen atoms in total. The highest BCUT2D eigenvalue weighted by molar-refractivity contribution is 5.37. The van der Waals surface area contributed by atoms with E-state index in [0.29, 0.717) is 12.4 Å². The van der Waals surface area contributed by atoms with Crippen LogP contribution in [0.4, 0.5) is 0 Å². The van der Waals surface area contributed by atoms with E-state index in [4.69, 9.17) is 4.74 Å². The van der Waals surface area contributed by atoms with Crippen molar-refractivity contribution in [1.82, 2.24) is 9.80 Å². The van der Waals surface area contributed by atoms with Gasteiger partial charge in [-0.25, -0.2) is 0 Å². The van der Waals surface area contributed by atoms with Crippen molar-refractivity contribution in [3.05, 3.63) is 24.3 Å². The topological polar surface area (TPSA) is 35.9 Å². The van der Waals surface area contributed by atoms with E-state index in [0.717, 1.165) is 12.5 Å². The fourth-order valence-electron chi connectivity index (χ4n) is 2.80. The second kappa shape index (κ2) is 8.25. The molecule has 0 amide bonds. The summed E-state index contributed by atoms with van der Waals surface area (Å²) in [7, 11) is 4.29. The third-order valence-electron chi connectivity index (χ3n) is 4.22. The van der Waals surface area contributed by atoms with Crippen molar-refractivity contribution in [3.63, 3.8) is 0 Å². The van der Waals surface area contributed by atoms with Crippen LogP contribution >= 0.6 is 0 Å². The quantitative estimate of drug-likeness (QED) is 0.837. The number of para-hydroxylation sites is 2. The number of aromatic hydroxyl groups is 1. The molecule has 0 unspecified atom stereocenters. The number of likely N-dealkylation sites (tertiary alicyclic amines) is 1. The lowest BCUT2D eigenvalue weighted by Crippen LogP contribution is -2.37. The maximum Gasteiger partial charge on any atom is 0.160 e. The first kappa shape index (κ1) is 16.1. The molecule has 1 aliphatic heterocycles. The highest BCUT2D eigenvalue weighted by Crippen LogP contribution is 2.24. The van der Waals surface area contributed by atoms with Crippen LogP contribution in [0.1, 0.15) is 19.3 Å². The highest BCUT2D eigenvalue weighted by Gasteiger charge is 2.18. The molecular formula is C17H28N2O2. The van der Waals surface area contributed by atoms with Gasteiger partial charge >= 0.3 is 0 Å². The van der Waals surface area contributed by atoms with Gasteiger partial charge in [0.05, 0.1) is 0 Å². The molecule has 1 fully saturated rings. The van der Waals surface area contributed by atoms with Crippen molar-refractivity contribution in [2.75, 3.05) is 46.9 Å². The number of nitrogens with zero attached hydrogens (tertiary/aromatic N) is 2. The van der Waals surface area contributed by atoms with Gasteiger partial charge in [0.2, 0.25) is 0 Å². The van der Waals surface area contributed by atoms with Crippen LogP contribution in [0.3, 0.4) is 0 Å². The van der Waals surface area contributed by atoms with Gasteiger partial charge in [-0.1, -0.05) is 12.1 Å². The fraction of sp³-hybridized carbons (Fsp3) is 0.647. The van der Waals surface area contributed by atoms with E-state index in [-0.39, 0.29) is 5.75 Å². The lowest BCUT2D eigenvalue weighted by molar-refractivity contribution is 0.146. The number of phenols is 1. The Labute approximate surface area is 128 Å². The molecule has 0 spiro atoms. The SMILES string of the molecule is CN(C)CCC1CCN(CCOc2ccccc2O)CC1. The predicted octanol–water partition coefficient (Wildman–Crippen LogP) is 2.43. The molecule has 2 rings (SSSR count). The minimum absolute atomic E-state index is 0.222. The summed E-state index contributed by atoms with van der Waals surface area (Å²) in [6.45, 7) is 5.11. The molecule has 4 heteroatoms. The lowest BCUT2D eigenvalue weighted by atomic mass is 9.93. The van der Waals surface area contributed by atoms with Crippen molar-refractivity contribution in [2.24, 2.45) is 5.92 Å².